The fourth-order valence-electron chi connectivity index (χ4n) is 13.3. The zero-order chi connectivity index (χ0) is 77.4. The van der Waals surface area contributed by atoms with Gasteiger partial charge in [0, 0.05) is 25.7 Å². The van der Waals surface area contributed by atoms with E-state index in [9.17, 15) is 43.2 Å². The van der Waals surface area contributed by atoms with Crippen LogP contribution in [0.4, 0.5) is 0 Å². The number of esters is 4. The molecule has 7 atom stereocenters. The summed E-state index contributed by atoms with van der Waals surface area (Å²) in [6.45, 7) is 14.4. The third kappa shape index (κ3) is 77.2. The summed E-state index contributed by atoms with van der Waals surface area (Å²) in [7, 11) is -9.93. The lowest BCUT2D eigenvalue weighted by Gasteiger charge is -2.21. The normalized spacial score (nSPS) is 14.4. The number of carbonyl (C=O) groups excluding carboxylic acids is 4. The summed E-state index contributed by atoms with van der Waals surface area (Å²) in [4.78, 5) is 73.2. The first-order chi connectivity index (χ1) is 50.7. The van der Waals surface area contributed by atoms with E-state index in [1.807, 2.05) is 0 Å². The minimum atomic E-state index is -4.97. The predicted octanol–water partition coefficient (Wildman–Crippen LogP) is 25.9. The van der Waals surface area contributed by atoms with Crippen molar-refractivity contribution in [3.8, 4) is 0 Å². The molecular weight excluding hydrogens is 1370 g/mol. The second kappa shape index (κ2) is 74.8. The van der Waals surface area contributed by atoms with Crippen molar-refractivity contribution in [3.63, 3.8) is 0 Å². The Labute approximate surface area is 645 Å². The van der Waals surface area contributed by atoms with Crippen molar-refractivity contribution in [1.29, 1.82) is 0 Å². The molecule has 0 spiro atoms. The summed E-state index contributed by atoms with van der Waals surface area (Å²) in [6, 6.07) is 0. The molecular formula is C86H168O17P2. The quantitative estimate of drug-likeness (QED) is 0.0222. The molecule has 0 aliphatic carbocycles. The van der Waals surface area contributed by atoms with Gasteiger partial charge in [-0.25, -0.2) is 9.13 Å². The highest BCUT2D eigenvalue weighted by molar-refractivity contribution is 7.47. The van der Waals surface area contributed by atoms with Gasteiger partial charge in [-0.2, -0.15) is 0 Å². The first-order valence-corrected chi connectivity index (χ1v) is 47.3. The highest BCUT2D eigenvalue weighted by atomic mass is 31.2. The van der Waals surface area contributed by atoms with Gasteiger partial charge in [-0.3, -0.25) is 37.3 Å². The summed E-state index contributed by atoms with van der Waals surface area (Å²) in [5.41, 5.74) is 0. The molecule has 0 bridgehead atoms. The predicted molar refractivity (Wildman–Crippen MR) is 432 cm³/mol. The van der Waals surface area contributed by atoms with Gasteiger partial charge in [0.05, 0.1) is 26.4 Å². The lowest BCUT2D eigenvalue weighted by molar-refractivity contribution is -0.161. The van der Waals surface area contributed by atoms with Crippen LogP contribution in [-0.4, -0.2) is 96.7 Å². The molecule has 0 radical (unpaired) electrons. The molecule has 0 amide bonds. The molecule has 0 saturated heterocycles. The van der Waals surface area contributed by atoms with Gasteiger partial charge in [-0.1, -0.05) is 396 Å². The molecule has 0 saturated carbocycles. The van der Waals surface area contributed by atoms with Crippen LogP contribution in [0, 0.1) is 23.7 Å². The van der Waals surface area contributed by atoms with Gasteiger partial charge in [0.2, 0.25) is 0 Å². The molecule has 0 aliphatic heterocycles. The largest absolute Gasteiger partial charge is 0.472 e. The van der Waals surface area contributed by atoms with Crippen molar-refractivity contribution in [1.82, 2.24) is 0 Å². The number of phosphoric ester groups is 2. The zero-order valence-electron chi connectivity index (χ0n) is 69.4. The van der Waals surface area contributed by atoms with E-state index in [0.717, 1.165) is 114 Å². The Morgan fingerprint density at radius 1 is 0.267 bits per heavy atom. The first-order valence-electron chi connectivity index (χ1n) is 44.3. The number of unbranched alkanes of at least 4 members (excludes halogenated alkanes) is 47. The topological polar surface area (TPSA) is 237 Å². The van der Waals surface area contributed by atoms with Gasteiger partial charge >= 0.3 is 39.5 Å². The van der Waals surface area contributed by atoms with Crippen LogP contribution in [-0.2, 0) is 65.4 Å². The monoisotopic (exact) mass is 1540 g/mol. The fraction of sp³-hybridized carbons (Fsp3) is 0.953. The number of aliphatic hydroxyl groups is 1. The third-order valence-electron chi connectivity index (χ3n) is 20.8. The second-order valence-electron chi connectivity index (χ2n) is 32.4. The smallest absolute Gasteiger partial charge is 0.462 e. The van der Waals surface area contributed by atoms with E-state index in [0.29, 0.717) is 25.7 Å². The molecule has 0 aromatic heterocycles. The second-order valence-corrected chi connectivity index (χ2v) is 35.3. The zero-order valence-corrected chi connectivity index (χ0v) is 71.2. The third-order valence-corrected chi connectivity index (χ3v) is 22.7. The standard InChI is InChI=1S/C86H168O17P2/c1-9-78(7)64-56-48-40-32-26-19-15-13-11-12-14-16-20-28-34-44-52-60-68-85(90)102-81(72-96-83(88)66-58-50-42-33-27-21-17-18-24-30-38-46-54-62-76(3)4)74-100-104(92,93)98-70-80(87)71-99-105(94,95)101-75-82(73-97-84(89)67-59-51-43-37-36-41-49-57-65-79(8)10-2)103-86(91)69-61-53-45-35-29-23-22-25-31-39-47-55-63-77(5)6/h76-82,87H,9-75H2,1-8H3,(H,92,93)(H,94,95)/t78?,79?,80-,81-,82-/m1/s1. The van der Waals surface area contributed by atoms with E-state index >= 15 is 0 Å². The number of rotatable bonds is 83. The summed E-state index contributed by atoms with van der Waals surface area (Å²) in [6.07, 6.45) is 63.7. The van der Waals surface area contributed by atoms with Crippen LogP contribution in [0.25, 0.3) is 0 Å². The summed E-state index contributed by atoms with van der Waals surface area (Å²) in [5, 5.41) is 10.7. The van der Waals surface area contributed by atoms with Crippen molar-refractivity contribution >= 4 is 39.5 Å². The highest BCUT2D eigenvalue weighted by Crippen LogP contribution is 2.45. The molecule has 4 unspecified atom stereocenters. The Morgan fingerprint density at radius 3 is 0.676 bits per heavy atom. The Hall–Kier alpha value is -1.94. The van der Waals surface area contributed by atoms with Crippen molar-refractivity contribution < 1.29 is 80.2 Å². The van der Waals surface area contributed by atoms with Gasteiger partial charge in [-0.05, 0) is 49.4 Å². The maximum Gasteiger partial charge on any atom is 0.472 e. The van der Waals surface area contributed by atoms with Gasteiger partial charge in [0.25, 0.3) is 0 Å². The van der Waals surface area contributed by atoms with Crippen molar-refractivity contribution in [2.75, 3.05) is 39.6 Å². The molecule has 624 valence electrons. The molecule has 0 heterocycles. The van der Waals surface area contributed by atoms with Crippen LogP contribution >= 0.6 is 15.6 Å². The van der Waals surface area contributed by atoms with Crippen LogP contribution in [0.15, 0.2) is 0 Å². The lowest BCUT2D eigenvalue weighted by atomic mass is 9.99. The molecule has 17 nitrogen and oxygen atoms in total. The van der Waals surface area contributed by atoms with Crippen molar-refractivity contribution in [2.45, 2.75) is 465 Å². The molecule has 0 aromatic carbocycles. The number of ether oxygens (including phenoxy) is 4. The molecule has 0 rings (SSSR count). The van der Waals surface area contributed by atoms with E-state index < -0.39 is 97.5 Å². The number of phosphoric acid groups is 2. The lowest BCUT2D eigenvalue weighted by Crippen LogP contribution is -2.30. The fourth-order valence-corrected chi connectivity index (χ4v) is 14.8. The average molecular weight is 1540 g/mol. The van der Waals surface area contributed by atoms with Crippen LogP contribution in [0.3, 0.4) is 0 Å². The molecule has 0 fully saturated rings. The molecule has 0 aromatic rings. The Kier molecular flexibility index (Phi) is 73.4. The van der Waals surface area contributed by atoms with E-state index in [-0.39, 0.29) is 25.7 Å². The minimum absolute atomic E-state index is 0.106. The average Bonchev–Trinajstić information content (AvgIpc) is 0.929. The Balaban J connectivity index is 5.25. The Morgan fingerprint density at radius 2 is 0.457 bits per heavy atom. The van der Waals surface area contributed by atoms with Gasteiger partial charge in [0.1, 0.15) is 19.3 Å². The number of carbonyl (C=O) groups is 4. The van der Waals surface area contributed by atoms with Gasteiger partial charge < -0.3 is 33.8 Å². The van der Waals surface area contributed by atoms with Crippen LogP contribution in [0.1, 0.15) is 447 Å². The van der Waals surface area contributed by atoms with Gasteiger partial charge in [-0.15, -0.1) is 0 Å². The summed E-state index contributed by atoms with van der Waals surface area (Å²) < 4.78 is 68.9. The van der Waals surface area contributed by atoms with Crippen LogP contribution in [0.5, 0.6) is 0 Å². The number of aliphatic hydroxyl groups excluding tert-OH is 1. The minimum Gasteiger partial charge on any atom is -0.462 e. The van der Waals surface area contributed by atoms with Gasteiger partial charge in [0.15, 0.2) is 12.2 Å². The molecule has 0 aliphatic rings. The highest BCUT2D eigenvalue weighted by Gasteiger charge is 2.31. The number of hydrogen-bond donors (Lipinski definition) is 3. The number of hydrogen-bond acceptors (Lipinski definition) is 15. The molecule has 19 heteroatoms. The van der Waals surface area contributed by atoms with Crippen molar-refractivity contribution in [2.24, 2.45) is 23.7 Å². The van der Waals surface area contributed by atoms with Crippen LogP contribution in [0.2, 0.25) is 0 Å². The molecule has 105 heavy (non-hydrogen) atoms. The van der Waals surface area contributed by atoms with Crippen molar-refractivity contribution in [3.05, 3.63) is 0 Å². The molecule has 3 N–H and O–H groups in total. The van der Waals surface area contributed by atoms with E-state index in [4.69, 9.17) is 37.0 Å². The SMILES string of the molecule is CCC(C)CCCCCCCCCCCCCCCCCCCCC(=O)O[C@H](COC(=O)CCCCCCCCCCCCCCCC(C)C)COP(=O)(O)OC[C@@H](O)COP(=O)(O)OC[C@@H](COC(=O)CCCCCCCCCCC(C)CC)OC(=O)CCCCCCCCCCCCCCC(C)C. The maximum atomic E-state index is 13.1. The Bertz CT molecular complexity index is 2050. The maximum absolute atomic E-state index is 13.1. The van der Waals surface area contributed by atoms with E-state index in [1.165, 1.54) is 250 Å². The summed E-state index contributed by atoms with van der Waals surface area (Å²) >= 11 is 0. The van der Waals surface area contributed by atoms with E-state index in [2.05, 4.69) is 55.4 Å². The summed E-state index contributed by atoms with van der Waals surface area (Å²) in [5.74, 6) is 1.11. The first kappa shape index (κ1) is 103. The van der Waals surface area contributed by atoms with Crippen LogP contribution < -0.4 is 0 Å². The van der Waals surface area contributed by atoms with E-state index in [1.54, 1.807) is 0 Å².